The number of urea groups is 1. The molecule has 0 aromatic heterocycles. The maximum atomic E-state index is 13.0. The quantitative estimate of drug-likeness (QED) is 0.615. The first-order valence-corrected chi connectivity index (χ1v) is 10.2. The molecule has 2 aliphatic heterocycles. The molecule has 1 N–H and O–H groups in total. The molecule has 0 atom stereocenters. The number of aliphatic hydroxyl groups excluding tert-OH is 1. The van der Waals surface area contributed by atoms with E-state index in [4.69, 9.17) is 0 Å². The lowest BCUT2D eigenvalue weighted by molar-refractivity contribution is -0.134. The van der Waals surface area contributed by atoms with E-state index in [9.17, 15) is 19.5 Å². The Hall–Kier alpha value is -3.19. The Bertz CT molecular complexity index is 981. The third kappa shape index (κ3) is 3.15. The van der Waals surface area contributed by atoms with Crippen LogP contribution in [0.4, 0.5) is 4.79 Å². The molecule has 30 heavy (non-hydrogen) atoms. The van der Waals surface area contributed by atoms with Crippen molar-refractivity contribution in [2.24, 2.45) is 0 Å². The molecular formula is C23H25N3O4. The highest BCUT2D eigenvalue weighted by atomic mass is 16.3. The minimum atomic E-state index is -0.628. The van der Waals surface area contributed by atoms with Crippen molar-refractivity contribution in [2.75, 3.05) is 27.2 Å². The highest BCUT2D eigenvalue weighted by molar-refractivity contribution is 6.29. The van der Waals surface area contributed by atoms with Gasteiger partial charge in [-0.2, -0.15) is 0 Å². The molecule has 1 aromatic rings. The number of carbonyl (C=O) groups excluding carboxylic acids is 3. The Labute approximate surface area is 175 Å². The smallest absolute Gasteiger partial charge is 0.333 e. The summed E-state index contributed by atoms with van der Waals surface area (Å²) in [6.07, 6.45) is 5.40. The van der Waals surface area contributed by atoms with Crippen LogP contribution in [-0.4, -0.2) is 64.9 Å². The van der Waals surface area contributed by atoms with Gasteiger partial charge < -0.3 is 10.0 Å². The van der Waals surface area contributed by atoms with Crippen molar-refractivity contribution in [1.82, 2.24) is 14.7 Å². The van der Waals surface area contributed by atoms with E-state index in [1.807, 2.05) is 36.4 Å². The molecule has 4 rings (SSSR count). The van der Waals surface area contributed by atoms with Crippen molar-refractivity contribution < 1.29 is 19.5 Å². The minimum Gasteiger partial charge on any atom is -0.395 e. The monoisotopic (exact) mass is 407 g/mol. The summed E-state index contributed by atoms with van der Waals surface area (Å²) in [5.41, 5.74) is 4.42. The second-order valence-electron chi connectivity index (χ2n) is 7.70. The van der Waals surface area contributed by atoms with Crippen LogP contribution >= 0.6 is 0 Å². The van der Waals surface area contributed by atoms with Gasteiger partial charge in [0, 0.05) is 32.0 Å². The van der Waals surface area contributed by atoms with Gasteiger partial charge in [0.1, 0.15) is 5.57 Å². The third-order valence-corrected chi connectivity index (χ3v) is 5.93. The molecule has 0 bridgehead atoms. The highest BCUT2D eigenvalue weighted by Gasteiger charge is 2.41. The van der Waals surface area contributed by atoms with Crippen LogP contribution in [0.2, 0.25) is 0 Å². The molecular weight excluding hydrogens is 382 g/mol. The van der Waals surface area contributed by atoms with Crippen molar-refractivity contribution in [3.63, 3.8) is 0 Å². The largest absolute Gasteiger partial charge is 0.395 e. The van der Waals surface area contributed by atoms with Gasteiger partial charge in [-0.25, -0.2) is 4.79 Å². The molecule has 1 saturated heterocycles. The summed E-state index contributed by atoms with van der Waals surface area (Å²) in [5.74, 6) is -1.15. The fourth-order valence-electron chi connectivity index (χ4n) is 4.41. The van der Waals surface area contributed by atoms with Gasteiger partial charge in [0.15, 0.2) is 0 Å². The second kappa shape index (κ2) is 7.91. The molecule has 1 aromatic carbocycles. The molecule has 1 aliphatic carbocycles. The number of benzene rings is 1. The van der Waals surface area contributed by atoms with E-state index in [0.29, 0.717) is 12.1 Å². The first-order chi connectivity index (χ1) is 14.5. The van der Waals surface area contributed by atoms with Gasteiger partial charge in [0.05, 0.1) is 6.61 Å². The summed E-state index contributed by atoms with van der Waals surface area (Å²) in [5, 5.41) is 9.71. The van der Waals surface area contributed by atoms with E-state index in [2.05, 4.69) is 4.90 Å². The van der Waals surface area contributed by atoms with Crippen LogP contribution in [0.15, 0.2) is 58.8 Å². The zero-order valence-electron chi connectivity index (χ0n) is 17.2. The number of allylic oxidation sites excluding steroid dienone is 4. The van der Waals surface area contributed by atoms with Gasteiger partial charge in [-0.05, 0) is 48.5 Å². The number of amides is 4. The molecule has 0 unspecified atom stereocenters. The second-order valence-corrected chi connectivity index (χ2v) is 7.70. The average Bonchev–Trinajstić information content (AvgIpc) is 2.78. The molecule has 156 valence electrons. The van der Waals surface area contributed by atoms with Crippen molar-refractivity contribution >= 4 is 23.5 Å². The molecule has 4 amide bonds. The molecule has 7 heteroatoms. The van der Waals surface area contributed by atoms with Crippen LogP contribution in [0.25, 0.3) is 5.70 Å². The van der Waals surface area contributed by atoms with Gasteiger partial charge >= 0.3 is 6.03 Å². The third-order valence-electron chi connectivity index (χ3n) is 5.93. The summed E-state index contributed by atoms with van der Waals surface area (Å²) in [6.45, 7) is 0.424. The number of likely N-dealkylation sites (N-methyl/N-ethyl adjacent to an activating group) is 2. The topological polar surface area (TPSA) is 81.2 Å². The van der Waals surface area contributed by atoms with E-state index in [-0.39, 0.29) is 12.2 Å². The lowest BCUT2D eigenvalue weighted by atomic mass is 9.83. The van der Waals surface area contributed by atoms with E-state index >= 15 is 0 Å². The Morgan fingerprint density at radius 2 is 1.57 bits per heavy atom. The van der Waals surface area contributed by atoms with Crippen LogP contribution in [0.1, 0.15) is 31.2 Å². The predicted molar refractivity (Wildman–Crippen MR) is 112 cm³/mol. The average molecular weight is 407 g/mol. The Morgan fingerprint density at radius 3 is 2.20 bits per heavy atom. The van der Waals surface area contributed by atoms with Crippen LogP contribution in [0, 0.1) is 0 Å². The Balaban J connectivity index is 1.97. The van der Waals surface area contributed by atoms with E-state index < -0.39 is 17.8 Å². The number of hydrogen-bond acceptors (Lipinski definition) is 5. The molecule has 0 radical (unpaired) electrons. The van der Waals surface area contributed by atoms with Gasteiger partial charge in [0.25, 0.3) is 11.8 Å². The fourth-order valence-corrected chi connectivity index (χ4v) is 4.41. The number of aliphatic hydroxyl groups is 1. The number of hydrogen-bond donors (Lipinski definition) is 1. The van der Waals surface area contributed by atoms with Crippen molar-refractivity contribution in [2.45, 2.75) is 25.7 Å². The maximum absolute atomic E-state index is 13.0. The number of imide groups is 2. The number of β-amino-alcohol motifs (C(OH)–C–C–N with tert-alkyl or cyclic N) is 1. The normalized spacial score (nSPS) is 20.2. The highest BCUT2D eigenvalue weighted by Crippen LogP contribution is 2.43. The predicted octanol–water partition coefficient (Wildman–Crippen LogP) is 2.51. The molecule has 3 aliphatic rings. The van der Waals surface area contributed by atoms with E-state index in [0.717, 1.165) is 58.0 Å². The maximum Gasteiger partial charge on any atom is 0.333 e. The van der Waals surface area contributed by atoms with E-state index in [1.165, 1.54) is 14.1 Å². The van der Waals surface area contributed by atoms with Crippen LogP contribution in [0.3, 0.4) is 0 Å². The summed E-state index contributed by atoms with van der Waals surface area (Å²) < 4.78 is 0. The summed E-state index contributed by atoms with van der Waals surface area (Å²) in [4.78, 5) is 42.3. The Morgan fingerprint density at radius 1 is 0.933 bits per heavy atom. The number of carbonyl (C=O) groups is 3. The SMILES string of the molecule is CN1C(=O)C(=C2C=C(c3ccccc3)N(CCO)C3=C2CCCC3)C(=O)N(C)C1=O. The lowest BCUT2D eigenvalue weighted by Gasteiger charge is -2.39. The van der Waals surface area contributed by atoms with Crippen molar-refractivity contribution in [3.8, 4) is 0 Å². The summed E-state index contributed by atoms with van der Waals surface area (Å²) >= 11 is 0. The fraction of sp³-hybridized carbons (Fsp3) is 0.348. The standard InChI is InChI=1S/C23H25N3O4/c1-24-21(28)20(22(29)25(2)23(24)30)17-14-19(15-8-4-3-5-9-15)26(12-13-27)18-11-7-6-10-16(17)18/h3-5,8-9,14,27H,6-7,10-13H2,1-2H3. The molecule has 7 nitrogen and oxygen atoms in total. The summed E-state index contributed by atoms with van der Waals surface area (Å²) in [7, 11) is 2.79. The molecule has 0 spiro atoms. The van der Waals surface area contributed by atoms with Gasteiger partial charge in [-0.3, -0.25) is 19.4 Å². The van der Waals surface area contributed by atoms with Crippen LogP contribution in [0.5, 0.6) is 0 Å². The van der Waals surface area contributed by atoms with Crippen molar-refractivity contribution in [3.05, 3.63) is 64.4 Å². The Kier molecular flexibility index (Phi) is 5.30. The van der Waals surface area contributed by atoms with Crippen molar-refractivity contribution in [1.29, 1.82) is 0 Å². The first kappa shape index (κ1) is 20.1. The van der Waals surface area contributed by atoms with E-state index in [1.54, 1.807) is 0 Å². The van der Waals surface area contributed by atoms with Gasteiger partial charge in [0.2, 0.25) is 0 Å². The van der Waals surface area contributed by atoms with Gasteiger partial charge in [-0.1, -0.05) is 30.3 Å². The molecule has 2 heterocycles. The number of barbiturate groups is 1. The zero-order chi connectivity index (χ0) is 21.4. The lowest BCUT2D eigenvalue weighted by Crippen LogP contribution is -2.53. The molecule has 0 saturated carbocycles. The zero-order valence-corrected chi connectivity index (χ0v) is 17.2. The van der Waals surface area contributed by atoms with Crippen LogP contribution in [-0.2, 0) is 9.59 Å². The minimum absolute atomic E-state index is 0.00923. The summed E-state index contributed by atoms with van der Waals surface area (Å²) in [6, 6.07) is 9.11. The number of nitrogens with zero attached hydrogens (tertiary/aromatic N) is 3. The van der Waals surface area contributed by atoms with Crippen LogP contribution < -0.4 is 0 Å². The first-order valence-electron chi connectivity index (χ1n) is 10.2. The molecule has 1 fully saturated rings. The number of rotatable bonds is 3. The van der Waals surface area contributed by atoms with Gasteiger partial charge in [-0.15, -0.1) is 0 Å².